The highest BCUT2D eigenvalue weighted by Gasteiger charge is 1.99. The van der Waals surface area contributed by atoms with Crippen LogP contribution in [0.15, 0.2) is 29.9 Å². The molecule has 80 valence electrons. The minimum atomic E-state index is 0.952. The van der Waals surface area contributed by atoms with Gasteiger partial charge in [0, 0.05) is 30.4 Å². The molecule has 0 amide bonds. The first-order chi connectivity index (χ1) is 7.36. The maximum Gasteiger partial charge on any atom is 0.0220 e. The number of rotatable bonds is 5. The van der Waals surface area contributed by atoms with Crippen LogP contribution in [0.1, 0.15) is 16.0 Å². The summed E-state index contributed by atoms with van der Waals surface area (Å²) in [5, 5.41) is 5.60. The number of H-pyrrole nitrogens is 1. The molecule has 0 unspecified atom stereocenters. The third-order valence-electron chi connectivity index (χ3n) is 2.49. The number of hydrogen-bond acceptors (Lipinski definition) is 2. The standard InChI is InChI=1S/C12H16N2S/c1-10-4-7-15-12(10)3-6-14-9-11-2-5-13-8-11/h2,4-5,7-8,13-14H,3,6,9H2,1H3. The Balaban J connectivity index is 1.70. The van der Waals surface area contributed by atoms with Gasteiger partial charge in [-0.25, -0.2) is 0 Å². The molecular weight excluding hydrogens is 204 g/mol. The molecule has 2 heterocycles. The first kappa shape index (κ1) is 10.5. The third-order valence-corrected chi connectivity index (χ3v) is 3.57. The zero-order valence-corrected chi connectivity index (χ0v) is 9.73. The van der Waals surface area contributed by atoms with Gasteiger partial charge in [-0.05, 0) is 42.0 Å². The van der Waals surface area contributed by atoms with Crippen LogP contribution in [0.3, 0.4) is 0 Å². The average Bonchev–Trinajstić information content (AvgIpc) is 2.85. The maximum absolute atomic E-state index is 3.44. The van der Waals surface area contributed by atoms with Crippen LogP contribution in [0.5, 0.6) is 0 Å². The predicted octanol–water partition coefficient (Wildman–Crippen LogP) is 2.72. The van der Waals surface area contributed by atoms with E-state index >= 15 is 0 Å². The Bertz CT molecular complexity index is 389. The van der Waals surface area contributed by atoms with Crippen LogP contribution in [-0.2, 0) is 13.0 Å². The van der Waals surface area contributed by atoms with Gasteiger partial charge in [0.25, 0.3) is 0 Å². The van der Waals surface area contributed by atoms with Gasteiger partial charge in [0.1, 0.15) is 0 Å². The van der Waals surface area contributed by atoms with Gasteiger partial charge in [-0.15, -0.1) is 11.3 Å². The summed E-state index contributed by atoms with van der Waals surface area (Å²) in [6, 6.07) is 4.29. The Hall–Kier alpha value is -1.06. The first-order valence-electron chi connectivity index (χ1n) is 5.21. The molecule has 0 aliphatic heterocycles. The molecule has 2 rings (SSSR count). The molecule has 2 nitrogen and oxygen atoms in total. The Kier molecular flexibility index (Phi) is 3.59. The number of thiophene rings is 1. The molecule has 0 spiro atoms. The number of aromatic nitrogens is 1. The quantitative estimate of drug-likeness (QED) is 0.745. The van der Waals surface area contributed by atoms with Gasteiger partial charge in [-0.2, -0.15) is 0 Å². The Labute approximate surface area is 94.3 Å². The van der Waals surface area contributed by atoms with E-state index < -0.39 is 0 Å². The molecule has 0 aliphatic carbocycles. The number of aryl methyl sites for hydroxylation is 1. The zero-order chi connectivity index (χ0) is 10.5. The number of hydrogen-bond donors (Lipinski definition) is 2. The second kappa shape index (κ2) is 5.14. The van der Waals surface area contributed by atoms with E-state index in [4.69, 9.17) is 0 Å². The predicted molar refractivity (Wildman–Crippen MR) is 65.3 cm³/mol. The van der Waals surface area contributed by atoms with Gasteiger partial charge in [-0.1, -0.05) is 0 Å². The lowest BCUT2D eigenvalue weighted by Gasteiger charge is -2.02. The molecule has 0 aliphatic rings. The highest BCUT2D eigenvalue weighted by Crippen LogP contribution is 2.15. The summed E-state index contributed by atoms with van der Waals surface area (Å²) < 4.78 is 0. The van der Waals surface area contributed by atoms with Crippen molar-refractivity contribution in [3.05, 3.63) is 45.9 Å². The first-order valence-corrected chi connectivity index (χ1v) is 6.09. The van der Waals surface area contributed by atoms with E-state index in [2.05, 4.69) is 34.7 Å². The topological polar surface area (TPSA) is 27.8 Å². The molecule has 0 fully saturated rings. The second-order valence-corrected chi connectivity index (χ2v) is 4.67. The van der Waals surface area contributed by atoms with Crippen molar-refractivity contribution in [3.63, 3.8) is 0 Å². The van der Waals surface area contributed by atoms with Crippen molar-refractivity contribution in [3.8, 4) is 0 Å². The Morgan fingerprint density at radius 1 is 1.40 bits per heavy atom. The summed E-state index contributed by atoms with van der Waals surface area (Å²) in [5.74, 6) is 0. The van der Waals surface area contributed by atoms with Crippen LogP contribution in [0.2, 0.25) is 0 Å². The lowest BCUT2D eigenvalue weighted by molar-refractivity contribution is 0.690. The van der Waals surface area contributed by atoms with Crippen molar-refractivity contribution in [2.75, 3.05) is 6.54 Å². The lowest BCUT2D eigenvalue weighted by atomic mass is 10.2. The van der Waals surface area contributed by atoms with Crippen LogP contribution in [-0.4, -0.2) is 11.5 Å². The van der Waals surface area contributed by atoms with Gasteiger partial charge < -0.3 is 10.3 Å². The molecule has 0 aromatic carbocycles. The minimum absolute atomic E-state index is 0.952. The van der Waals surface area contributed by atoms with Crippen molar-refractivity contribution in [2.24, 2.45) is 0 Å². The Morgan fingerprint density at radius 2 is 2.33 bits per heavy atom. The molecule has 0 radical (unpaired) electrons. The zero-order valence-electron chi connectivity index (χ0n) is 8.92. The highest BCUT2D eigenvalue weighted by atomic mass is 32.1. The van der Waals surface area contributed by atoms with Crippen molar-refractivity contribution < 1.29 is 0 Å². The molecule has 0 saturated heterocycles. The molecule has 15 heavy (non-hydrogen) atoms. The largest absolute Gasteiger partial charge is 0.367 e. The summed E-state index contributed by atoms with van der Waals surface area (Å²) in [6.45, 7) is 4.18. The van der Waals surface area contributed by atoms with Crippen LogP contribution in [0.25, 0.3) is 0 Å². The van der Waals surface area contributed by atoms with Crippen molar-refractivity contribution in [1.29, 1.82) is 0 Å². The molecule has 3 heteroatoms. The van der Waals surface area contributed by atoms with E-state index in [1.807, 2.05) is 23.7 Å². The molecule has 2 aromatic heterocycles. The van der Waals surface area contributed by atoms with Crippen molar-refractivity contribution in [1.82, 2.24) is 10.3 Å². The summed E-state index contributed by atoms with van der Waals surface area (Å²) in [7, 11) is 0. The van der Waals surface area contributed by atoms with E-state index in [9.17, 15) is 0 Å². The molecule has 0 atom stereocenters. The van der Waals surface area contributed by atoms with Crippen LogP contribution in [0.4, 0.5) is 0 Å². The fourth-order valence-electron chi connectivity index (χ4n) is 1.56. The monoisotopic (exact) mass is 220 g/mol. The molecule has 0 bridgehead atoms. The molecule has 2 aromatic rings. The van der Waals surface area contributed by atoms with E-state index in [1.54, 1.807) is 0 Å². The fourth-order valence-corrected chi connectivity index (χ4v) is 2.47. The van der Waals surface area contributed by atoms with Crippen LogP contribution >= 0.6 is 11.3 Å². The molecule has 0 saturated carbocycles. The smallest absolute Gasteiger partial charge is 0.0220 e. The molecule has 2 N–H and O–H groups in total. The van der Waals surface area contributed by atoms with Crippen LogP contribution < -0.4 is 5.32 Å². The molecular formula is C12H16N2S. The SMILES string of the molecule is Cc1ccsc1CCNCc1cc[nH]c1. The van der Waals surface area contributed by atoms with E-state index in [-0.39, 0.29) is 0 Å². The van der Waals surface area contributed by atoms with Crippen molar-refractivity contribution >= 4 is 11.3 Å². The maximum atomic E-state index is 3.44. The second-order valence-electron chi connectivity index (χ2n) is 3.67. The van der Waals surface area contributed by atoms with E-state index in [0.29, 0.717) is 0 Å². The van der Waals surface area contributed by atoms with Gasteiger partial charge in [0.15, 0.2) is 0 Å². The van der Waals surface area contributed by atoms with E-state index in [1.165, 1.54) is 16.0 Å². The van der Waals surface area contributed by atoms with Crippen LogP contribution in [0, 0.1) is 6.92 Å². The fraction of sp³-hybridized carbons (Fsp3) is 0.333. The summed E-state index contributed by atoms with van der Waals surface area (Å²) in [6.07, 6.45) is 5.12. The normalized spacial score (nSPS) is 10.7. The number of aromatic amines is 1. The summed E-state index contributed by atoms with van der Waals surface area (Å²) in [5.41, 5.74) is 2.74. The van der Waals surface area contributed by atoms with E-state index in [0.717, 1.165) is 19.5 Å². The highest BCUT2D eigenvalue weighted by molar-refractivity contribution is 7.10. The van der Waals surface area contributed by atoms with Crippen molar-refractivity contribution in [2.45, 2.75) is 19.9 Å². The minimum Gasteiger partial charge on any atom is -0.367 e. The van der Waals surface area contributed by atoms with Gasteiger partial charge >= 0.3 is 0 Å². The van der Waals surface area contributed by atoms with Gasteiger partial charge in [-0.3, -0.25) is 0 Å². The van der Waals surface area contributed by atoms with Gasteiger partial charge in [0.05, 0.1) is 0 Å². The Morgan fingerprint density at radius 3 is 3.00 bits per heavy atom. The van der Waals surface area contributed by atoms with Gasteiger partial charge in [0.2, 0.25) is 0 Å². The summed E-state index contributed by atoms with van der Waals surface area (Å²) >= 11 is 1.85. The lowest BCUT2D eigenvalue weighted by Crippen LogP contribution is -2.16. The third kappa shape index (κ3) is 2.94. The average molecular weight is 220 g/mol. The summed E-state index contributed by atoms with van der Waals surface area (Å²) in [4.78, 5) is 4.55. The number of nitrogens with one attached hydrogen (secondary N) is 2.